The topological polar surface area (TPSA) is 24.1 Å². The SMILES string of the molecule is C#CC(C)NC(C)C1C2CNC1C2. The first-order valence-corrected chi connectivity index (χ1v) is 5.18. The highest BCUT2D eigenvalue weighted by Crippen LogP contribution is 2.42. The fraction of sp³-hybridized carbons (Fsp3) is 0.818. The van der Waals surface area contributed by atoms with Crippen LogP contribution in [0.5, 0.6) is 0 Å². The summed E-state index contributed by atoms with van der Waals surface area (Å²) >= 11 is 0. The van der Waals surface area contributed by atoms with Gasteiger partial charge in [-0.15, -0.1) is 6.42 Å². The molecule has 0 radical (unpaired) electrons. The van der Waals surface area contributed by atoms with Gasteiger partial charge in [0.25, 0.3) is 0 Å². The molecule has 0 amide bonds. The Hall–Kier alpha value is -0.520. The fourth-order valence-corrected chi connectivity index (χ4v) is 2.82. The van der Waals surface area contributed by atoms with Gasteiger partial charge in [-0.3, -0.25) is 0 Å². The summed E-state index contributed by atoms with van der Waals surface area (Å²) in [6.45, 7) is 5.51. The average molecular weight is 178 g/mol. The maximum Gasteiger partial charge on any atom is 0.0660 e. The van der Waals surface area contributed by atoms with E-state index in [1.54, 1.807) is 0 Å². The molecule has 2 bridgehead atoms. The Labute approximate surface area is 80.5 Å². The van der Waals surface area contributed by atoms with Crippen LogP contribution in [0.25, 0.3) is 0 Å². The predicted molar refractivity (Wildman–Crippen MR) is 54.3 cm³/mol. The second-order valence-corrected chi connectivity index (χ2v) is 4.43. The van der Waals surface area contributed by atoms with E-state index in [0.717, 1.165) is 17.9 Å². The summed E-state index contributed by atoms with van der Waals surface area (Å²) in [6, 6.07) is 1.53. The van der Waals surface area contributed by atoms with E-state index in [-0.39, 0.29) is 6.04 Å². The monoisotopic (exact) mass is 178 g/mol. The third-order valence-electron chi connectivity index (χ3n) is 3.55. The minimum atomic E-state index is 0.204. The van der Waals surface area contributed by atoms with Crippen molar-refractivity contribution in [3.63, 3.8) is 0 Å². The Bertz CT molecular complexity index is 217. The molecule has 13 heavy (non-hydrogen) atoms. The molecule has 5 unspecified atom stereocenters. The van der Waals surface area contributed by atoms with Crippen molar-refractivity contribution in [2.45, 2.75) is 38.4 Å². The number of rotatable bonds is 3. The molecule has 2 nitrogen and oxygen atoms in total. The van der Waals surface area contributed by atoms with Gasteiger partial charge in [0, 0.05) is 12.1 Å². The maximum atomic E-state index is 5.34. The van der Waals surface area contributed by atoms with Gasteiger partial charge in [-0.05, 0) is 38.6 Å². The van der Waals surface area contributed by atoms with Crippen molar-refractivity contribution in [1.82, 2.24) is 10.6 Å². The summed E-state index contributed by atoms with van der Waals surface area (Å²) < 4.78 is 0. The molecule has 5 atom stereocenters. The number of hydrogen-bond donors (Lipinski definition) is 2. The number of hydrogen-bond acceptors (Lipinski definition) is 2. The van der Waals surface area contributed by atoms with Crippen LogP contribution < -0.4 is 10.6 Å². The van der Waals surface area contributed by atoms with E-state index in [1.165, 1.54) is 13.0 Å². The van der Waals surface area contributed by atoms with Gasteiger partial charge in [-0.2, -0.15) is 0 Å². The molecule has 1 aliphatic carbocycles. The molecule has 0 aromatic heterocycles. The zero-order valence-electron chi connectivity index (χ0n) is 8.38. The average Bonchev–Trinajstić information content (AvgIpc) is 2.63. The first kappa shape index (κ1) is 9.05. The largest absolute Gasteiger partial charge is 0.313 e. The minimum Gasteiger partial charge on any atom is -0.313 e. The van der Waals surface area contributed by atoms with Gasteiger partial charge >= 0.3 is 0 Å². The van der Waals surface area contributed by atoms with Gasteiger partial charge < -0.3 is 10.6 Å². The molecular weight excluding hydrogens is 160 g/mol. The Balaban J connectivity index is 1.85. The molecular formula is C11H18N2. The molecule has 0 spiro atoms. The molecule has 0 aromatic rings. The van der Waals surface area contributed by atoms with E-state index in [9.17, 15) is 0 Å². The molecule has 3 aliphatic rings. The zero-order valence-corrected chi connectivity index (χ0v) is 8.38. The summed E-state index contributed by atoms with van der Waals surface area (Å²) in [6.07, 6.45) is 6.71. The molecule has 2 N–H and O–H groups in total. The highest BCUT2D eigenvalue weighted by Gasteiger charge is 2.48. The number of fused-ring (bicyclic) bond motifs is 1. The van der Waals surface area contributed by atoms with Gasteiger partial charge in [0.05, 0.1) is 6.04 Å². The zero-order chi connectivity index (χ0) is 9.42. The van der Waals surface area contributed by atoms with Crippen molar-refractivity contribution in [1.29, 1.82) is 0 Å². The van der Waals surface area contributed by atoms with Crippen LogP contribution in [0.1, 0.15) is 20.3 Å². The van der Waals surface area contributed by atoms with Gasteiger partial charge in [0.1, 0.15) is 0 Å². The van der Waals surface area contributed by atoms with E-state index in [0.29, 0.717) is 6.04 Å². The van der Waals surface area contributed by atoms with E-state index >= 15 is 0 Å². The molecule has 3 fully saturated rings. The smallest absolute Gasteiger partial charge is 0.0660 e. The van der Waals surface area contributed by atoms with Crippen molar-refractivity contribution in [2.24, 2.45) is 11.8 Å². The molecule has 2 saturated heterocycles. The second kappa shape index (κ2) is 3.32. The van der Waals surface area contributed by atoms with Crippen LogP contribution in [0.4, 0.5) is 0 Å². The maximum absolute atomic E-state index is 5.34. The molecule has 0 aromatic carbocycles. The van der Waals surface area contributed by atoms with E-state index in [1.807, 2.05) is 6.92 Å². The Morgan fingerprint density at radius 1 is 1.54 bits per heavy atom. The lowest BCUT2D eigenvalue weighted by molar-refractivity contribution is 0.161. The van der Waals surface area contributed by atoms with Crippen molar-refractivity contribution >= 4 is 0 Å². The first-order valence-electron chi connectivity index (χ1n) is 5.18. The summed E-state index contributed by atoms with van der Waals surface area (Å²) in [5, 5.41) is 6.98. The molecule has 2 aliphatic heterocycles. The number of terminal acetylenes is 1. The third kappa shape index (κ3) is 1.47. The predicted octanol–water partition coefficient (Wildman–Crippen LogP) is 0.594. The van der Waals surface area contributed by atoms with Crippen molar-refractivity contribution in [3.8, 4) is 12.3 Å². The molecule has 2 heterocycles. The van der Waals surface area contributed by atoms with Crippen LogP contribution in [0.2, 0.25) is 0 Å². The van der Waals surface area contributed by atoms with Gasteiger partial charge in [0.2, 0.25) is 0 Å². The molecule has 72 valence electrons. The van der Waals surface area contributed by atoms with Crippen molar-refractivity contribution in [3.05, 3.63) is 0 Å². The van der Waals surface area contributed by atoms with E-state index in [4.69, 9.17) is 6.42 Å². The van der Waals surface area contributed by atoms with Crippen LogP contribution >= 0.6 is 0 Å². The third-order valence-corrected chi connectivity index (χ3v) is 3.55. The van der Waals surface area contributed by atoms with Gasteiger partial charge in [-0.1, -0.05) is 5.92 Å². The Morgan fingerprint density at radius 2 is 2.31 bits per heavy atom. The lowest BCUT2D eigenvalue weighted by atomic mass is 9.70. The second-order valence-electron chi connectivity index (χ2n) is 4.43. The molecule has 2 heteroatoms. The van der Waals surface area contributed by atoms with Crippen LogP contribution in [0, 0.1) is 24.2 Å². The van der Waals surface area contributed by atoms with Gasteiger partial charge in [-0.25, -0.2) is 0 Å². The summed E-state index contributed by atoms with van der Waals surface area (Å²) in [5.74, 6) is 4.43. The molecule has 3 rings (SSSR count). The quantitative estimate of drug-likeness (QED) is 0.618. The van der Waals surface area contributed by atoms with Crippen LogP contribution in [0.15, 0.2) is 0 Å². The lowest BCUT2D eigenvalue weighted by Crippen LogP contribution is -2.51. The summed E-state index contributed by atoms with van der Waals surface area (Å²) in [7, 11) is 0. The standard InChI is InChI=1S/C11H18N2/c1-4-7(2)13-8(3)11-9-5-10(11)12-6-9/h1,7-13H,5-6H2,2-3H3. The van der Waals surface area contributed by atoms with Crippen LogP contribution in [-0.4, -0.2) is 24.7 Å². The highest BCUT2D eigenvalue weighted by atomic mass is 15.1. The normalized spacial score (nSPS) is 40.5. The first-order chi connectivity index (χ1) is 6.22. The summed E-state index contributed by atoms with van der Waals surface area (Å²) in [4.78, 5) is 0. The van der Waals surface area contributed by atoms with Crippen LogP contribution in [-0.2, 0) is 0 Å². The van der Waals surface area contributed by atoms with Crippen molar-refractivity contribution in [2.75, 3.05) is 6.54 Å². The molecule has 1 saturated carbocycles. The highest BCUT2D eigenvalue weighted by molar-refractivity contribution is 5.07. The lowest BCUT2D eigenvalue weighted by Gasteiger charge is -2.40. The van der Waals surface area contributed by atoms with E-state index < -0.39 is 0 Å². The summed E-state index contributed by atoms with van der Waals surface area (Å²) in [5.41, 5.74) is 0. The Morgan fingerprint density at radius 3 is 2.77 bits per heavy atom. The van der Waals surface area contributed by atoms with E-state index in [2.05, 4.69) is 23.5 Å². The van der Waals surface area contributed by atoms with Crippen molar-refractivity contribution < 1.29 is 0 Å². The minimum absolute atomic E-state index is 0.204. The van der Waals surface area contributed by atoms with Crippen LogP contribution in [0.3, 0.4) is 0 Å². The number of nitrogens with one attached hydrogen (secondary N) is 2. The fourth-order valence-electron chi connectivity index (χ4n) is 2.82. The Kier molecular flexibility index (Phi) is 2.31. The van der Waals surface area contributed by atoms with Gasteiger partial charge in [0.15, 0.2) is 0 Å².